The number of H-pyrrole nitrogens is 1. The quantitative estimate of drug-likeness (QED) is 0.746. The van der Waals surface area contributed by atoms with Gasteiger partial charge in [0, 0.05) is 18.9 Å². The van der Waals surface area contributed by atoms with Crippen molar-refractivity contribution in [3.8, 4) is 0 Å². The van der Waals surface area contributed by atoms with Gasteiger partial charge in [0.2, 0.25) is 0 Å². The van der Waals surface area contributed by atoms with E-state index in [1.54, 1.807) is 42.6 Å². The average molecular weight is 285 g/mol. The number of fused-ring (bicyclic) bond motifs is 1. The highest BCUT2D eigenvalue weighted by Gasteiger charge is 2.09. The third kappa shape index (κ3) is 2.92. The summed E-state index contributed by atoms with van der Waals surface area (Å²) in [6, 6.07) is 5.32. The van der Waals surface area contributed by atoms with E-state index in [0.29, 0.717) is 24.4 Å². The van der Waals surface area contributed by atoms with Crippen LogP contribution in [0.15, 0.2) is 36.9 Å². The summed E-state index contributed by atoms with van der Waals surface area (Å²) in [7, 11) is 1.64. The van der Waals surface area contributed by atoms with E-state index in [9.17, 15) is 4.79 Å². The second-order valence-electron chi connectivity index (χ2n) is 4.57. The standard InChI is InChI=1S/C14H15N5O2/c1-21-5-4-19-8-11(7-17-19)18-14(20)10-2-3-12-13(6-10)16-9-15-12/h2-3,6-9H,4-5H2,1H3,(H,15,16)(H,18,20). The molecule has 0 aliphatic heterocycles. The van der Waals surface area contributed by atoms with Crippen molar-refractivity contribution in [2.75, 3.05) is 19.0 Å². The number of amides is 1. The van der Waals surface area contributed by atoms with Crippen molar-refractivity contribution in [3.05, 3.63) is 42.5 Å². The van der Waals surface area contributed by atoms with Crippen molar-refractivity contribution in [2.24, 2.45) is 0 Å². The first-order valence-electron chi connectivity index (χ1n) is 6.52. The predicted octanol–water partition coefficient (Wildman–Crippen LogP) is 1.66. The number of methoxy groups -OCH3 is 1. The zero-order valence-electron chi connectivity index (χ0n) is 11.5. The minimum atomic E-state index is -0.183. The fourth-order valence-electron chi connectivity index (χ4n) is 2.02. The van der Waals surface area contributed by atoms with Crippen LogP contribution in [0, 0.1) is 0 Å². The summed E-state index contributed by atoms with van der Waals surface area (Å²) >= 11 is 0. The monoisotopic (exact) mass is 285 g/mol. The van der Waals surface area contributed by atoms with Gasteiger partial charge in [0.25, 0.3) is 5.91 Å². The van der Waals surface area contributed by atoms with Gasteiger partial charge in [0.1, 0.15) is 0 Å². The van der Waals surface area contributed by atoms with Gasteiger partial charge in [-0.3, -0.25) is 9.48 Å². The molecule has 3 rings (SSSR count). The molecule has 7 nitrogen and oxygen atoms in total. The minimum absolute atomic E-state index is 0.183. The van der Waals surface area contributed by atoms with Crippen LogP contribution >= 0.6 is 0 Å². The van der Waals surface area contributed by atoms with E-state index >= 15 is 0 Å². The van der Waals surface area contributed by atoms with Crippen LogP contribution in [0.5, 0.6) is 0 Å². The third-order valence-corrected chi connectivity index (χ3v) is 3.10. The number of anilines is 1. The zero-order chi connectivity index (χ0) is 14.7. The van der Waals surface area contributed by atoms with Gasteiger partial charge in [-0.25, -0.2) is 4.98 Å². The molecule has 2 N–H and O–H groups in total. The maximum Gasteiger partial charge on any atom is 0.255 e. The molecule has 0 saturated carbocycles. The molecule has 21 heavy (non-hydrogen) atoms. The van der Waals surface area contributed by atoms with Crippen LogP contribution < -0.4 is 5.32 Å². The summed E-state index contributed by atoms with van der Waals surface area (Å²) in [6.07, 6.45) is 4.99. The lowest BCUT2D eigenvalue weighted by Gasteiger charge is -2.02. The Hall–Kier alpha value is -2.67. The number of rotatable bonds is 5. The van der Waals surface area contributed by atoms with Crippen molar-refractivity contribution < 1.29 is 9.53 Å². The highest BCUT2D eigenvalue weighted by Crippen LogP contribution is 2.13. The molecule has 2 aromatic heterocycles. The molecule has 0 aliphatic carbocycles. The van der Waals surface area contributed by atoms with Gasteiger partial charge in [-0.2, -0.15) is 5.10 Å². The van der Waals surface area contributed by atoms with Gasteiger partial charge in [0.05, 0.1) is 42.4 Å². The number of ether oxygens (including phenoxy) is 1. The smallest absolute Gasteiger partial charge is 0.255 e. The average Bonchev–Trinajstić information content (AvgIpc) is 3.12. The van der Waals surface area contributed by atoms with E-state index in [4.69, 9.17) is 4.74 Å². The lowest BCUT2D eigenvalue weighted by atomic mass is 10.2. The van der Waals surface area contributed by atoms with Crippen LogP contribution in [-0.4, -0.2) is 39.4 Å². The second kappa shape index (κ2) is 5.76. The number of hydrogen-bond acceptors (Lipinski definition) is 4. The normalized spacial score (nSPS) is 10.9. The van der Waals surface area contributed by atoms with Gasteiger partial charge in [-0.05, 0) is 18.2 Å². The molecule has 0 aliphatic rings. The largest absolute Gasteiger partial charge is 0.383 e. The number of hydrogen-bond donors (Lipinski definition) is 2. The Balaban J connectivity index is 1.71. The Kier molecular flexibility index (Phi) is 3.65. The second-order valence-corrected chi connectivity index (χ2v) is 4.57. The van der Waals surface area contributed by atoms with Crippen LogP contribution in [0.25, 0.3) is 11.0 Å². The fraction of sp³-hybridized carbons (Fsp3) is 0.214. The van der Waals surface area contributed by atoms with E-state index < -0.39 is 0 Å². The van der Waals surface area contributed by atoms with Crippen LogP contribution in [0.3, 0.4) is 0 Å². The lowest BCUT2D eigenvalue weighted by molar-refractivity contribution is 0.102. The van der Waals surface area contributed by atoms with E-state index in [-0.39, 0.29) is 5.91 Å². The van der Waals surface area contributed by atoms with Crippen molar-refractivity contribution in [3.63, 3.8) is 0 Å². The number of nitrogens with zero attached hydrogens (tertiary/aromatic N) is 3. The van der Waals surface area contributed by atoms with Gasteiger partial charge in [-0.15, -0.1) is 0 Å². The van der Waals surface area contributed by atoms with E-state index in [1.165, 1.54) is 0 Å². The van der Waals surface area contributed by atoms with Crippen molar-refractivity contribution in [2.45, 2.75) is 6.54 Å². The van der Waals surface area contributed by atoms with Gasteiger partial charge >= 0.3 is 0 Å². The summed E-state index contributed by atoms with van der Waals surface area (Å²) < 4.78 is 6.70. The molecule has 0 bridgehead atoms. The highest BCUT2D eigenvalue weighted by molar-refractivity contribution is 6.05. The van der Waals surface area contributed by atoms with E-state index in [2.05, 4.69) is 20.4 Å². The molecule has 108 valence electrons. The highest BCUT2D eigenvalue weighted by atomic mass is 16.5. The molecular weight excluding hydrogens is 270 g/mol. The maximum atomic E-state index is 12.2. The molecule has 0 spiro atoms. The Morgan fingerprint density at radius 1 is 1.48 bits per heavy atom. The Morgan fingerprint density at radius 2 is 2.38 bits per heavy atom. The fourth-order valence-corrected chi connectivity index (χ4v) is 2.02. The molecule has 0 radical (unpaired) electrons. The third-order valence-electron chi connectivity index (χ3n) is 3.10. The number of nitrogens with one attached hydrogen (secondary N) is 2. The first-order valence-corrected chi connectivity index (χ1v) is 6.52. The predicted molar refractivity (Wildman–Crippen MR) is 78.1 cm³/mol. The molecule has 0 unspecified atom stereocenters. The summed E-state index contributed by atoms with van der Waals surface area (Å²) in [6.45, 7) is 1.22. The summed E-state index contributed by atoms with van der Waals surface area (Å²) in [5.74, 6) is -0.183. The molecule has 0 saturated heterocycles. The summed E-state index contributed by atoms with van der Waals surface area (Å²) in [4.78, 5) is 19.3. The molecule has 0 fully saturated rings. The Labute approximate surface area is 120 Å². The van der Waals surface area contributed by atoms with Crippen LogP contribution in [0.4, 0.5) is 5.69 Å². The number of carbonyl (C=O) groups is 1. The van der Waals surface area contributed by atoms with Crippen LogP contribution in [0.1, 0.15) is 10.4 Å². The topological polar surface area (TPSA) is 84.8 Å². The molecular formula is C14H15N5O2. The zero-order valence-corrected chi connectivity index (χ0v) is 11.5. The number of aromatic nitrogens is 4. The van der Waals surface area contributed by atoms with Gasteiger partial charge in [-0.1, -0.05) is 0 Å². The van der Waals surface area contributed by atoms with Crippen LogP contribution in [0.2, 0.25) is 0 Å². The number of imidazole rings is 1. The van der Waals surface area contributed by atoms with Gasteiger partial charge in [0.15, 0.2) is 0 Å². The first-order chi connectivity index (χ1) is 10.3. The first kappa shape index (κ1) is 13.3. The molecule has 7 heteroatoms. The Bertz CT molecular complexity index is 761. The maximum absolute atomic E-state index is 12.2. The molecule has 2 heterocycles. The minimum Gasteiger partial charge on any atom is -0.383 e. The molecule has 1 aromatic carbocycles. The lowest BCUT2D eigenvalue weighted by Crippen LogP contribution is -2.11. The number of benzene rings is 1. The molecule has 1 amide bonds. The molecule has 0 atom stereocenters. The van der Waals surface area contributed by atoms with Crippen LogP contribution in [-0.2, 0) is 11.3 Å². The summed E-state index contributed by atoms with van der Waals surface area (Å²) in [5.41, 5.74) is 2.88. The SMILES string of the molecule is COCCn1cc(NC(=O)c2ccc3nc[nH]c3c2)cn1. The van der Waals surface area contributed by atoms with E-state index in [1.807, 2.05) is 6.07 Å². The molecule has 3 aromatic rings. The van der Waals surface area contributed by atoms with Crippen molar-refractivity contribution in [1.29, 1.82) is 0 Å². The van der Waals surface area contributed by atoms with Crippen molar-refractivity contribution in [1.82, 2.24) is 19.7 Å². The Morgan fingerprint density at radius 3 is 3.24 bits per heavy atom. The van der Waals surface area contributed by atoms with Crippen molar-refractivity contribution >= 4 is 22.6 Å². The van der Waals surface area contributed by atoms with Gasteiger partial charge < -0.3 is 15.0 Å². The number of aromatic amines is 1. The summed E-state index contributed by atoms with van der Waals surface area (Å²) in [5, 5.41) is 6.96. The number of carbonyl (C=O) groups excluding carboxylic acids is 1. The van der Waals surface area contributed by atoms with E-state index in [0.717, 1.165) is 11.0 Å².